The largest absolute Gasteiger partial charge is 0.340 e. The number of rotatable bonds is 3. The van der Waals surface area contributed by atoms with E-state index in [0.717, 1.165) is 29.7 Å². The lowest BCUT2D eigenvalue weighted by Crippen LogP contribution is -2.33. The molecule has 1 saturated heterocycles. The summed E-state index contributed by atoms with van der Waals surface area (Å²) in [6.07, 6.45) is 2.16. The zero-order valence-corrected chi connectivity index (χ0v) is 12.6. The minimum atomic E-state index is 0.153. The average molecular weight is 288 g/mol. The standard InChI is InChI=1S/C16H20N2OS/c1-18(16(19)15-8-4-10-20-15)12-14-6-2-5-13(11-14)7-3-9-17/h2,5-6,11,15H,4,8-10,12,17H2,1H3. The summed E-state index contributed by atoms with van der Waals surface area (Å²) in [5.41, 5.74) is 7.43. The van der Waals surface area contributed by atoms with E-state index in [9.17, 15) is 4.79 Å². The second kappa shape index (κ2) is 7.37. The van der Waals surface area contributed by atoms with Crippen molar-refractivity contribution in [3.8, 4) is 11.8 Å². The molecular weight excluding hydrogens is 268 g/mol. The van der Waals surface area contributed by atoms with Crippen LogP contribution >= 0.6 is 11.8 Å². The molecule has 1 amide bonds. The molecule has 4 heteroatoms. The molecule has 0 spiro atoms. The van der Waals surface area contributed by atoms with Gasteiger partial charge in [-0.25, -0.2) is 0 Å². The highest BCUT2D eigenvalue weighted by Crippen LogP contribution is 2.27. The Balaban J connectivity index is 1.99. The number of nitrogens with zero attached hydrogens (tertiary/aromatic N) is 1. The molecule has 1 aromatic carbocycles. The summed E-state index contributed by atoms with van der Waals surface area (Å²) < 4.78 is 0. The number of amides is 1. The van der Waals surface area contributed by atoms with Crippen molar-refractivity contribution in [1.29, 1.82) is 0 Å². The topological polar surface area (TPSA) is 46.3 Å². The fraction of sp³-hybridized carbons (Fsp3) is 0.438. The van der Waals surface area contributed by atoms with Gasteiger partial charge in [-0.15, -0.1) is 11.8 Å². The zero-order chi connectivity index (χ0) is 14.4. The lowest BCUT2D eigenvalue weighted by molar-refractivity contribution is -0.129. The van der Waals surface area contributed by atoms with E-state index in [2.05, 4.69) is 11.8 Å². The number of thioether (sulfide) groups is 1. The summed E-state index contributed by atoms with van der Waals surface area (Å²) in [6, 6.07) is 7.98. The van der Waals surface area contributed by atoms with Gasteiger partial charge in [0.1, 0.15) is 0 Å². The van der Waals surface area contributed by atoms with Gasteiger partial charge in [-0.2, -0.15) is 0 Å². The second-order valence-electron chi connectivity index (χ2n) is 4.90. The maximum absolute atomic E-state index is 12.3. The minimum Gasteiger partial charge on any atom is -0.340 e. The first kappa shape index (κ1) is 15.0. The number of hydrogen-bond donors (Lipinski definition) is 1. The summed E-state index contributed by atoms with van der Waals surface area (Å²) in [4.78, 5) is 14.1. The van der Waals surface area contributed by atoms with Crippen molar-refractivity contribution in [2.75, 3.05) is 19.3 Å². The molecule has 2 rings (SSSR count). The van der Waals surface area contributed by atoms with E-state index in [1.54, 1.807) is 11.8 Å². The van der Waals surface area contributed by atoms with Crippen LogP contribution in [0.5, 0.6) is 0 Å². The molecule has 106 valence electrons. The molecule has 1 fully saturated rings. The first-order chi connectivity index (χ1) is 9.70. The molecule has 0 radical (unpaired) electrons. The summed E-state index contributed by atoms with van der Waals surface area (Å²) in [5, 5.41) is 0.153. The highest BCUT2D eigenvalue weighted by molar-refractivity contribution is 8.00. The third-order valence-electron chi connectivity index (χ3n) is 3.26. The SMILES string of the molecule is CN(Cc1cccc(C#CCN)c1)C(=O)C1CCCS1. The van der Waals surface area contributed by atoms with E-state index >= 15 is 0 Å². The van der Waals surface area contributed by atoms with Gasteiger partial charge in [0.05, 0.1) is 11.8 Å². The molecule has 2 N–H and O–H groups in total. The molecule has 20 heavy (non-hydrogen) atoms. The molecule has 1 heterocycles. The Morgan fingerprint density at radius 1 is 1.55 bits per heavy atom. The van der Waals surface area contributed by atoms with Gasteiger partial charge in [0.2, 0.25) is 5.91 Å². The molecule has 0 saturated carbocycles. The van der Waals surface area contributed by atoms with E-state index < -0.39 is 0 Å². The minimum absolute atomic E-state index is 0.153. The van der Waals surface area contributed by atoms with Gasteiger partial charge in [0.25, 0.3) is 0 Å². The van der Waals surface area contributed by atoms with Gasteiger partial charge in [0.15, 0.2) is 0 Å². The Kier molecular flexibility index (Phi) is 5.51. The first-order valence-corrected chi connectivity index (χ1v) is 7.90. The fourth-order valence-electron chi connectivity index (χ4n) is 2.27. The van der Waals surface area contributed by atoms with Gasteiger partial charge >= 0.3 is 0 Å². The van der Waals surface area contributed by atoms with Gasteiger partial charge in [-0.3, -0.25) is 4.79 Å². The van der Waals surface area contributed by atoms with Crippen LogP contribution in [0.4, 0.5) is 0 Å². The van der Waals surface area contributed by atoms with Crippen molar-refractivity contribution in [2.24, 2.45) is 5.73 Å². The van der Waals surface area contributed by atoms with Crippen molar-refractivity contribution in [2.45, 2.75) is 24.6 Å². The van der Waals surface area contributed by atoms with Crippen molar-refractivity contribution < 1.29 is 4.79 Å². The summed E-state index contributed by atoms with van der Waals surface area (Å²) >= 11 is 1.78. The Morgan fingerprint density at radius 3 is 3.10 bits per heavy atom. The van der Waals surface area contributed by atoms with Gasteiger partial charge in [0, 0.05) is 19.2 Å². The number of carbonyl (C=O) groups is 1. The Morgan fingerprint density at radius 2 is 2.40 bits per heavy atom. The van der Waals surface area contributed by atoms with E-state index in [1.807, 2.05) is 36.2 Å². The summed E-state index contributed by atoms with van der Waals surface area (Å²) in [6.45, 7) is 0.996. The molecule has 0 aromatic heterocycles. The van der Waals surface area contributed by atoms with Gasteiger partial charge in [-0.05, 0) is 36.3 Å². The quantitative estimate of drug-likeness (QED) is 0.864. The third kappa shape index (κ3) is 4.03. The normalized spacial score (nSPS) is 17.4. The summed E-state index contributed by atoms with van der Waals surface area (Å²) in [5.74, 6) is 7.21. The highest BCUT2D eigenvalue weighted by atomic mass is 32.2. The van der Waals surface area contributed by atoms with Crippen LogP contribution in [0.1, 0.15) is 24.0 Å². The monoisotopic (exact) mass is 288 g/mol. The third-order valence-corrected chi connectivity index (χ3v) is 4.63. The van der Waals surface area contributed by atoms with Crippen molar-refractivity contribution in [1.82, 2.24) is 4.90 Å². The smallest absolute Gasteiger partial charge is 0.235 e. The molecular formula is C16H20N2OS. The van der Waals surface area contributed by atoms with E-state index in [-0.39, 0.29) is 11.2 Å². The van der Waals surface area contributed by atoms with Crippen LogP contribution in [-0.2, 0) is 11.3 Å². The van der Waals surface area contributed by atoms with Crippen LogP contribution < -0.4 is 5.73 Å². The molecule has 1 aliphatic heterocycles. The predicted molar refractivity (Wildman–Crippen MR) is 84.3 cm³/mol. The number of nitrogens with two attached hydrogens (primary N) is 1. The Labute approximate surface area is 124 Å². The van der Waals surface area contributed by atoms with E-state index in [0.29, 0.717) is 13.1 Å². The van der Waals surface area contributed by atoms with E-state index in [4.69, 9.17) is 5.73 Å². The lowest BCUT2D eigenvalue weighted by Gasteiger charge is -2.20. The number of carbonyl (C=O) groups excluding carboxylic acids is 1. The maximum Gasteiger partial charge on any atom is 0.235 e. The van der Waals surface area contributed by atoms with Crippen molar-refractivity contribution >= 4 is 17.7 Å². The lowest BCUT2D eigenvalue weighted by atomic mass is 10.1. The fourth-order valence-corrected chi connectivity index (χ4v) is 3.54. The number of benzene rings is 1. The Bertz CT molecular complexity index is 527. The van der Waals surface area contributed by atoms with Crippen LogP contribution in [0.2, 0.25) is 0 Å². The molecule has 3 nitrogen and oxygen atoms in total. The zero-order valence-electron chi connectivity index (χ0n) is 11.8. The van der Waals surface area contributed by atoms with E-state index in [1.165, 1.54) is 0 Å². The van der Waals surface area contributed by atoms with Crippen molar-refractivity contribution in [3.05, 3.63) is 35.4 Å². The molecule has 1 unspecified atom stereocenters. The molecule has 0 aliphatic carbocycles. The van der Waals surface area contributed by atoms with Crippen LogP contribution in [0.3, 0.4) is 0 Å². The first-order valence-electron chi connectivity index (χ1n) is 6.85. The van der Waals surface area contributed by atoms with Gasteiger partial charge < -0.3 is 10.6 Å². The maximum atomic E-state index is 12.3. The van der Waals surface area contributed by atoms with Crippen LogP contribution in [-0.4, -0.2) is 35.4 Å². The number of hydrogen-bond acceptors (Lipinski definition) is 3. The van der Waals surface area contributed by atoms with Crippen LogP contribution in [0.25, 0.3) is 0 Å². The summed E-state index contributed by atoms with van der Waals surface area (Å²) in [7, 11) is 1.87. The Hall–Kier alpha value is -1.44. The molecule has 1 atom stereocenters. The second-order valence-corrected chi connectivity index (χ2v) is 6.21. The highest BCUT2D eigenvalue weighted by Gasteiger charge is 2.25. The van der Waals surface area contributed by atoms with Crippen LogP contribution in [0.15, 0.2) is 24.3 Å². The molecule has 1 aromatic rings. The predicted octanol–water partition coefficient (Wildman–Crippen LogP) is 1.85. The van der Waals surface area contributed by atoms with Crippen LogP contribution in [0, 0.1) is 11.8 Å². The molecule has 0 bridgehead atoms. The molecule has 1 aliphatic rings. The average Bonchev–Trinajstić information content (AvgIpc) is 2.98. The van der Waals surface area contributed by atoms with Crippen molar-refractivity contribution in [3.63, 3.8) is 0 Å². The van der Waals surface area contributed by atoms with Gasteiger partial charge in [-0.1, -0.05) is 24.0 Å².